The maximum Gasteiger partial charge on any atom is 0.0966 e. The lowest BCUT2D eigenvalue weighted by atomic mass is 10.1. The van der Waals surface area contributed by atoms with Gasteiger partial charge < -0.3 is 4.90 Å². The number of anilines is 1. The molecule has 0 bridgehead atoms. The molecule has 1 aromatic carbocycles. The van der Waals surface area contributed by atoms with E-state index in [-0.39, 0.29) is 0 Å². The third-order valence-electron chi connectivity index (χ3n) is 2.99. The molecule has 2 rings (SSSR count). The molecule has 0 amide bonds. The lowest BCUT2D eigenvalue weighted by Crippen LogP contribution is -2.29. The molecule has 2 heteroatoms. The highest BCUT2D eigenvalue weighted by Gasteiger charge is 2.12. The molecule has 17 heavy (non-hydrogen) atoms. The molecule has 1 aromatic rings. The van der Waals surface area contributed by atoms with Crippen molar-refractivity contribution in [1.82, 2.24) is 0 Å². The highest BCUT2D eigenvalue weighted by molar-refractivity contribution is 5.60. The smallest absolute Gasteiger partial charge is 0.0966 e. The van der Waals surface area contributed by atoms with Crippen molar-refractivity contribution in [1.29, 1.82) is 5.26 Å². The minimum Gasteiger partial charge on any atom is -0.371 e. The zero-order valence-electron chi connectivity index (χ0n) is 9.95. The molecule has 0 saturated carbocycles. The minimum absolute atomic E-state index is 0.300. The van der Waals surface area contributed by atoms with Gasteiger partial charge in [-0.15, -0.1) is 0 Å². The van der Waals surface area contributed by atoms with Gasteiger partial charge >= 0.3 is 0 Å². The Morgan fingerprint density at radius 2 is 1.88 bits per heavy atom. The number of benzene rings is 1. The van der Waals surface area contributed by atoms with Crippen LogP contribution in [-0.2, 0) is 0 Å². The summed E-state index contributed by atoms with van der Waals surface area (Å²) in [5.41, 5.74) is 2.27. The summed E-state index contributed by atoms with van der Waals surface area (Å²) in [6.07, 6.45) is 4.16. The van der Waals surface area contributed by atoms with Crippen molar-refractivity contribution in [2.45, 2.75) is 25.7 Å². The van der Waals surface area contributed by atoms with Gasteiger partial charge in [-0.1, -0.05) is 24.0 Å². The SMILES string of the molecule is N#CCC#Cc1ccccc1N1CCCCC1. The van der Waals surface area contributed by atoms with Crippen molar-refractivity contribution < 1.29 is 0 Å². The molecule has 0 spiro atoms. The van der Waals surface area contributed by atoms with Crippen LogP contribution in [0.4, 0.5) is 5.69 Å². The molecule has 1 aliphatic heterocycles. The fourth-order valence-electron chi connectivity index (χ4n) is 2.17. The van der Waals surface area contributed by atoms with E-state index in [0.29, 0.717) is 6.42 Å². The summed E-state index contributed by atoms with van der Waals surface area (Å²) in [6.45, 7) is 2.24. The molecular formula is C15H16N2. The summed E-state index contributed by atoms with van der Waals surface area (Å²) in [5, 5.41) is 8.50. The molecule has 0 radical (unpaired) electrons. The summed E-state index contributed by atoms with van der Waals surface area (Å²) in [6, 6.07) is 10.3. The molecule has 1 saturated heterocycles. The first-order valence-electron chi connectivity index (χ1n) is 6.11. The first-order chi connectivity index (χ1) is 8.42. The average Bonchev–Trinajstić information content (AvgIpc) is 2.41. The van der Waals surface area contributed by atoms with Crippen LogP contribution in [0.1, 0.15) is 31.2 Å². The highest BCUT2D eigenvalue weighted by atomic mass is 15.1. The monoisotopic (exact) mass is 224 g/mol. The first-order valence-corrected chi connectivity index (χ1v) is 6.11. The normalized spacial score (nSPS) is 14.6. The predicted molar refractivity (Wildman–Crippen MR) is 69.6 cm³/mol. The number of nitrogens with zero attached hydrogens (tertiary/aromatic N) is 2. The standard InChI is InChI=1S/C15H16N2/c16-11-5-4-9-14-8-2-3-10-15(14)17-12-6-1-7-13-17/h2-3,8,10H,1,5-7,12-13H2. The number of hydrogen-bond acceptors (Lipinski definition) is 2. The van der Waals surface area contributed by atoms with Gasteiger partial charge in [0.2, 0.25) is 0 Å². The quantitative estimate of drug-likeness (QED) is 0.686. The predicted octanol–water partition coefficient (Wildman–Crippen LogP) is 2.94. The van der Waals surface area contributed by atoms with Gasteiger partial charge in [-0.3, -0.25) is 0 Å². The third kappa shape index (κ3) is 3.02. The van der Waals surface area contributed by atoms with Crippen LogP contribution >= 0.6 is 0 Å². The molecule has 0 N–H and O–H groups in total. The molecular weight excluding hydrogens is 208 g/mol. The zero-order valence-corrected chi connectivity index (χ0v) is 9.95. The Labute approximate surface area is 103 Å². The van der Waals surface area contributed by atoms with E-state index in [4.69, 9.17) is 5.26 Å². The minimum atomic E-state index is 0.300. The summed E-state index contributed by atoms with van der Waals surface area (Å²) >= 11 is 0. The topological polar surface area (TPSA) is 27.0 Å². The third-order valence-corrected chi connectivity index (χ3v) is 2.99. The Bertz CT molecular complexity index is 468. The highest BCUT2D eigenvalue weighted by Crippen LogP contribution is 2.23. The lowest BCUT2D eigenvalue weighted by Gasteiger charge is -2.29. The van der Waals surface area contributed by atoms with E-state index in [1.807, 2.05) is 18.2 Å². The van der Waals surface area contributed by atoms with Gasteiger partial charge in [0.05, 0.1) is 18.2 Å². The molecule has 86 valence electrons. The van der Waals surface area contributed by atoms with Gasteiger partial charge in [0.1, 0.15) is 0 Å². The molecule has 1 fully saturated rings. The first kappa shape index (κ1) is 11.6. The Balaban J connectivity index is 2.21. The van der Waals surface area contributed by atoms with Crippen molar-refractivity contribution in [3.05, 3.63) is 29.8 Å². The number of hydrogen-bond donors (Lipinski definition) is 0. The number of para-hydroxylation sites is 1. The summed E-state index contributed by atoms with van der Waals surface area (Å²) < 4.78 is 0. The summed E-state index contributed by atoms with van der Waals surface area (Å²) in [4.78, 5) is 2.40. The van der Waals surface area contributed by atoms with Gasteiger partial charge in [-0.2, -0.15) is 5.26 Å². The second kappa shape index (κ2) is 5.97. The van der Waals surface area contributed by atoms with Crippen LogP contribution in [0, 0.1) is 23.2 Å². The summed E-state index contributed by atoms with van der Waals surface area (Å²) in [5.74, 6) is 5.99. The Kier molecular flexibility index (Phi) is 4.05. The van der Waals surface area contributed by atoms with Gasteiger partial charge in [0.15, 0.2) is 0 Å². The van der Waals surface area contributed by atoms with Crippen LogP contribution in [-0.4, -0.2) is 13.1 Å². The van der Waals surface area contributed by atoms with Crippen molar-refractivity contribution >= 4 is 5.69 Å². The molecule has 0 aromatic heterocycles. The van der Waals surface area contributed by atoms with Crippen LogP contribution in [0.25, 0.3) is 0 Å². The number of piperidine rings is 1. The van der Waals surface area contributed by atoms with Crippen molar-refractivity contribution in [3.8, 4) is 17.9 Å². The largest absolute Gasteiger partial charge is 0.371 e. The van der Waals surface area contributed by atoms with Crippen LogP contribution in [0.5, 0.6) is 0 Å². The Morgan fingerprint density at radius 1 is 1.12 bits per heavy atom. The van der Waals surface area contributed by atoms with Crippen molar-refractivity contribution in [3.63, 3.8) is 0 Å². The van der Waals surface area contributed by atoms with E-state index < -0.39 is 0 Å². The van der Waals surface area contributed by atoms with E-state index in [0.717, 1.165) is 18.7 Å². The van der Waals surface area contributed by atoms with Gasteiger partial charge in [-0.25, -0.2) is 0 Å². The number of nitriles is 1. The van der Waals surface area contributed by atoms with Gasteiger partial charge in [-0.05, 0) is 31.4 Å². The second-order valence-corrected chi connectivity index (χ2v) is 4.20. The molecule has 0 aliphatic carbocycles. The molecule has 1 heterocycles. The van der Waals surface area contributed by atoms with E-state index in [9.17, 15) is 0 Å². The Morgan fingerprint density at radius 3 is 2.65 bits per heavy atom. The average molecular weight is 224 g/mol. The van der Waals surface area contributed by atoms with Crippen molar-refractivity contribution in [2.24, 2.45) is 0 Å². The van der Waals surface area contributed by atoms with E-state index in [1.165, 1.54) is 24.9 Å². The molecule has 0 atom stereocenters. The maximum absolute atomic E-state index is 8.50. The lowest BCUT2D eigenvalue weighted by molar-refractivity contribution is 0.577. The summed E-state index contributed by atoms with van der Waals surface area (Å²) in [7, 11) is 0. The molecule has 2 nitrogen and oxygen atoms in total. The van der Waals surface area contributed by atoms with Crippen LogP contribution in [0.15, 0.2) is 24.3 Å². The van der Waals surface area contributed by atoms with Gasteiger partial charge in [0, 0.05) is 18.7 Å². The van der Waals surface area contributed by atoms with Crippen LogP contribution in [0.2, 0.25) is 0 Å². The van der Waals surface area contributed by atoms with Crippen LogP contribution < -0.4 is 4.90 Å². The fourth-order valence-corrected chi connectivity index (χ4v) is 2.17. The van der Waals surface area contributed by atoms with Crippen molar-refractivity contribution in [2.75, 3.05) is 18.0 Å². The fraction of sp³-hybridized carbons (Fsp3) is 0.400. The Hall–Kier alpha value is -1.93. The zero-order chi connectivity index (χ0) is 11.9. The number of rotatable bonds is 1. The van der Waals surface area contributed by atoms with E-state index >= 15 is 0 Å². The van der Waals surface area contributed by atoms with Gasteiger partial charge in [0.25, 0.3) is 0 Å². The van der Waals surface area contributed by atoms with E-state index in [1.54, 1.807) is 0 Å². The maximum atomic E-state index is 8.50. The molecule has 0 unspecified atom stereocenters. The van der Waals surface area contributed by atoms with E-state index in [2.05, 4.69) is 28.9 Å². The van der Waals surface area contributed by atoms with Crippen LogP contribution in [0.3, 0.4) is 0 Å². The molecule has 1 aliphatic rings. The second-order valence-electron chi connectivity index (χ2n) is 4.20.